The summed E-state index contributed by atoms with van der Waals surface area (Å²) in [7, 11) is 0. The van der Waals surface area contributed by atoms with Crippen LogP contribution in [-0.2, 0) is 9.59 Å². The summed E-state index contributed by atoms with van der Waals surface area (Å²) in [5.74, 6) is 0.822. The molecule has 8 heteroatoms. The van der Waals surface area contributed by atoms with E-state index >= 15 is 0 Å². The van der Waals surface area contributed by atoms with Crippen LogP contribution in [0.1, 0.15) is 37.8 Å². The van der Waals surface area contributed by atoms with Crippen molar-refractivity contribution in [2.45, 2.75) is 26.7 Å². The average molecular weight is 497 g/mol. The zero-order valence-corrected chi connectivity index (χ0v) is 21.1. The van der Waals surface area contributed by atoms with E-state index in [1.807, 2.05) is 37.3 Å². The topological polar surface area (TPSA) is 67.9 Å². The van der Waals surface area contributed by atoms with Gasteiger partial charge in [-0.1, -0.05) is 68.2 Å². The Bertz CT molecular complexity index is 1130. The van der Waals surface area contributed by atoms with Gasteiger partial charge in [-0.05, 0) is 48.2 Å². The fraction of sp³-hybridized carbons (Fsp3) is 0.269. The molecule has 0 saturated carbocycles. The zero-order valence-electron chi connectivity index (χ0n) is 19.5. The van der Waals surface area contributed by atoms with Gasteiger partial charge in [0.15, 0.2) is 18.1 Å². The Balaban J connectivity index is 1.71. The molecule has 0 spiro atoms. The Morgan fingerprint density at radius 2 is 1.97 bits per heavy atom. The summed E-state index contributed by atoms with van der Waals surface area (Å²) in [4.78, 5) is 27.2. The maximum atomic E-state index is 12.6. The largest absolute Gasteiger partial charge is 0.490 e. The molecular formula is C26H28N2O4S2. The summed E-state index contributed by atoms with van der Waals surface area (Å²) < 4.78 is 12.0. The second-order valence-corrected chi connectivity index (χ2v) is 9.47. The number of benzene rings is 2. The molecule has 0 atom stereocenters. The van der Waals surface area contributed by atoms with Crippen LogP contribution < -0.4 is 14.8 Å². The molecule has 178 valence electrons. The van der Waals surface area contributed by atoms with Crippen LogP contribution in [0.2, 0.25) is 0 Å². The quantitative estimate of drug-likeness (QED) is 0.262. The third-order valence-corrected chi connectivity index (χ3v) is 6.34. The smallest absolute Gasteiger partial charge is 0.266 e. The van der Waals surface area contributed by atoms with Crippen LogP contribution >= 0.6 is 24.0 Å². The summed E-state index contributed by atoms with van der Waals surface area (Å²) in [5, 5.41) is 2.92. The van der Waals surface area contributed by atoms with Gasteiger partial charge >= 0.3 is 0 Å². The van der Waals surface area contributed by atoms with Crippen molar-refractivity contribution in [1.82, 2.24) is 4.90 Å². The summed E-state index contributed by atoms with van der Waals surface area (Å²) in [6, 6.07) is 13.0. The number of hydrogen-bond acceptors (Lipinski definition) is 6. The number of para-hydroxylation sites is 1. The van der Waals surface area contributed by atoms with Crippen LogP contribution in [0.3, 0.4) is 0 Å². The summed E-state index contributed by atoms with van der Waals surface area (Å²) in [6.45, 7) is 10.3. The number of amides is 2. The Morgan fingerprint density at radius 1 is 1.21 bits per heavy atom. The Kier molecular flexibility index (Phi) is 8.90. The standard InChI is InChI=1S/C26H28N2O4S2/c1-5-13-28-25(30)23(34-26(28)33)15-18-11-12-21(22(14-18)31-6-2)32-16-24(29)27-20-10-8-7-9-19(20)17(3)4/h5,7-12,14-15,17H,1,6,13,16H2,2-4H3,(H,27,29)/b23-15-. The van der Waals surface area contributed by atoms with Crippen molar-refractivity contribution in [3.05, 3.63) is 71.2 Å². The van der Waals surface area contributed by atoms with Gasteiger partial charge in [0.1, 0.15) is 4.32 Å². The van der Waals surface area contributed by atoms with Gasteiger partial charge in [0.25, 0.3) is 11.8 Å². The number of nitrogens with one attached hydrogen (secondary N) is 1. The van der Waals surface area contributed by atoms with E-state index in [0.717, 1.165) is 16.8 Å². The first-order chi connectivity index (χ1) is 16.3. The number of carbonyl (C=O) groups excluding carboxylic acids is 2. The van der Waals surface area contributed by atoms with Crippen molar-refractivity contribution in [2.24, 2.45) is 0 Å². The lowest BCUT2D eigenvalue weighted by Crippen LogP contribution is -2.27. The second kappa shape index (κ2) is 11.9. The van der Waals surface area contributed by atoms with Crippen molar-refractivity contribution in [3.8, 4) is 11.5 Å². The highest BCUT2D eigenvalue weighted by molar-refractivity contribution is 8.26. The molecular weight excluding hydrogens is 468 g/mol. The number of nitrogens with zero attached hydrogens (tertiary/aromatic N) is 1. The molecule has 0 unspecified atom stereocenters. The minimum atomic E-state index is -0.259. The van der Waals surface area contributed by atoms with Crippen molar-refractivity contribution in [2.75, 3.05) is 25.1 Å². The van der Waals surface area contributed by atoms with Crippen LogP contribution in [0.25, 0.3) is 6.08 Å². The lowest BCUT2D eigenvalue weighted by Gasteiger charge is -2.15. The molecule has 1 heterocycles. The van der Waals surface area contributed by atoms with E-state index in [4.69, 9.17) is 21.7 Å². The number of anilines is 1. The predicted octanol–water partition coefficient (Wildman–Crippen LogP) is 5.61. The van der Waals surface area contributed by atoms with Gasteiger partial charge < -0.3 is 14.8 Å². The van der Waals surface area contributed by atoms with Gasteiger partial charge in [0.05, 0.1) is 11.5 Å². The van der Waals surface area contributed by atoms with E-state index in [1.54, 1.807) is 24.3 Å². The van der Waals surface area contributed by atoms with Gasteiger partial charge in [-0.15, -0.1) is 6.58 Å². The van der Waals surface area contributed by atoms with Crippen molar-refractivity contribution < 1.29 is 19.1 Å². The Hall–Kier alpha value is -3.10. The number of rotatable bonds is 10. The fourth-order valence-electron chi connectivity index (χ4n) is 3.38. The summed E-state index contributed by atoms with van der Waals surface area (Å²) in [6.07, 6.45) is 3.41. The molecule has 0 aliphatic carbocycles. The molecule has 1 N–H and O–H groups in total. The lowest BCUT2D eigenvalue weighted by molar-refractivity contribution is -0.121. The highest BCUT2D eigenvalue weighted by atomic mass is 32.2. The lowest BCUT2D eigenvalue weighted by atomic mass is 10.0. The van der Waals surface area contributed by atoms with Crippen molar-refractivity contribution in [3.63, 3.8) is 0 Å². The fourth-order valence-corrected chi connectivity index (χ4v) is 4.66. The predicted molar refractivity (Wildman–Crippen MR) is 142 cm³/mol. The minimum absolute atomic E-state index is 0.147. The second-order valence-electron chi connectivity index (χ2n) is 7.80. The number of ether oxygens (including phenoxy) is 2. The Labute approximate surface area is 210 Å². The van der Waals surface area contributed by atoms with Crippen molar-refractivity contribution in [1.29, 1.82) is 0 Å². The molecule has 1 saturated heterocycles. The summed E-state index contributed by atoms with van der Waals surface area (Å²) >= 11 is 6.54. The number of thiocarbonyl (C=S) groups is 1. The van der Waals surface area contributed by atoms with E-state index in [9.17, 15) is 9.59 Å². The van der Waals surface area contributed by atoms with Crippen LogP contribution in [0, 0.1) is 0 Å². The molecule has 2 aromatic carbocycles. The van der Waals surface area contributed by atoms with Crippen LogP contribution in [0.15, 0.2) is 60.0 Å². The molecule has 2 amide bonds. The highest BCUT2D eigenvalue weighted by Crippen LogP contribution is 2.35. The third kappa shape index (κ3) is 6.27. The van der Waals surface area contributed by atoms with Crippen molar-refractivity contribution >= 4 is 51.9 Å². The zero-order chi connectivity index (χ0) is 24.7. The average Bonchev–Trinajstić information content (AvgIpc) is 3.06. The van der Waals surface area contributed by atoms with E-state index in [0.29, 0.717) is 33.9 Å². The number of carbonyl (C=O) groups is 2. The number of hydrogen-bond donors (Lipinski definition) is 1. The molecule has 34 heavy (non-hydrogen) atoms. The third-order valence-electron chi connectivity index (χ3n) is 4.97. The van der Waals surface area contributed by atoms with Gasteiger partial charge in [-0.2, -0.15) is 0 Å². The maximum Gasteiger partial charge on any atom is 0.266 e. The van der Waals surface area contributed by atoms with Gasteiger partial charge in [-0.3, -0.25) is 14.5 Å². The Morgan fingerprint density at radius 3 is 2.68 bits per heavy atom. The first kappa shape index (κ1) is 25.5. The maximum absolute atomic E-state index is 12.6. The molecule has 3 rings (SSSR count). The molecule has 0 radical (unpaired) electrons. The first-order valence-corrected chi connectivity index (χ1v) is 12.2. The van der Waals surface area contributed by atoms with E-state index < -0.39 is 0 Å². The van der Waals surface area contributed by atoms with Gasteiger partial charge in [-0.25, -0.2) is 0 Å². The molecule has 1 aliphatic heterocycles. The van der Waals surface area contributed by atoms with Gasteiger partial charge in [0.2, 0.25) is 0 Å². The number of thioether (sulfide) groups is 1. The van der Waals surface area contributed by atoms with Crippen LogP contribution in [0.4, 0.5) is 5.69 Å². The molecule has 6 nitrogen and oxygen atoms in total. The molecule has 1 aliphatic rings. The molecule has 0 bridgehead atoms. The minimum Gasteiger partial charge on any atom is -0.490 e. The van der Waals surface area contributed by atoms with E-state index in [-0.39, 0.29) is 24.3 Å². The monoisotopic (exact) mass is 496 g/mol. The van der Waals surface area contributed by atoms with Crippen LogP contribution in [0.5, 0.6) is 11.5 Å². The molecule has 1 fully saturated rings. The normalized spacial score (nSPS) is 14.6. The van der Waals surface area contributed by atoms with E-state index in [1.165, 1.54) is 16.7 Å². The van der Waals surface area contributed by atoms with Crippen LogP contribution in [-0.4, -0.2) is 40.8 Å². The SMILES string of the molecule is C=CCN1C(=O)/C(=C/c2ccc(OCC(=O)Nc3ccccc3C(C)C)c(OCC)c2)SC1=S. The van der Waals surface area contributed by atoms with E-state index in [2.05, 4.69) is 25.7 Å². The highest BCUT2D eigenvalue weighted by Gasteiger charge is 2.31. The first-order valence-electron chi connectivity index (χ1n) is 11.0. The van der Waals surface area contributed by atoms with Gasteiger partial charge in [0, 0.05) is 12.2 Å². The molecule has 0 aromatic heterocycles. The molecule has 2 aromatic rings. The summed E-state index contributed by atoms with van der Waals surface area (Å²) in [5.41, 5.74) is 2.61.